The summed E-state index contributed by atoms with van der Waals surface area (Å²) >= 11 is 0. The Kier molecular flexibility index (Phi) is 8.17. The van der Waals surface area contributed by atoms with Crippen molar-refractivity contribution in [2.45, 2.75) is 58.5 Å². The first-order valence-corrected chi connectivity index (χ1v) is 8.01. The van der Waals surface area contributed by atoms with Gasteiger partial charge in [0.25, 0.3) is 0 Å². The van der Waals surface area contributed by atoms with E-state index in [1.54, 1.807) is 0 Å². The first-order chi connectivity index (χ1) is 9.22. The molecule has 0 atom stereocenters. The van der Waals surface area contributed by atoms with E-state index in [-0.39, 0.29) is 24.0 Å². The van der Waals surface area contributed by atoms with Gasteiger partial charge < -0.3 is 10.2 Å². The van der Waals surface area contributed by atoms with E-state index >= 15 is 0 Å². The molecule has 20 heavy (non-hydrogen) atoms. The van der Waals surface area contributed by atoms with E-state index in [1.165, 1.54) is 38.8 Å². The first-order valence-electron chi connectivity index (χ1n) is 8.01. The number of nitrogens with one attached hydrogen (secondary N) is 1. The van der Waals surface area contributed by atoms with Gasteiger partial charge in [0.15, 0.2) is 5.96 Å². The zero-order chi connectivity index (χ0) is 13.7. The summed E-state index contributed by atoms with van der Waals surface area (Å²) in [7, 11) is 0. The van der Waals surface area contributed by atoms with Crippen LogP contribution in [0.1, 0.15) is 46.5 Å². The van der Waals surface area contributed by atoms with Gasteiger partial charge in [0.1, 0.15) is 0 Å². The minimum absolute atomic E-state index is 0. The smallest absolute Gasteiger partial charge is 0.193 e. The minimum atomic E-state index is 0. The number of aliphatic imine (C=N–C) groups is 1. The number of nitrogens with zero attached hydrogens (tertiary/aromatic N) is 3. The maximum atomic E-state index is 4.82. The summed E-state index contributed by atoms with van der Waals surface area (Å²) in [5.41, 5.74) is 0. The Morgan fingerprint density at radius 3 is 2.45 bits per heavy atom. The van der Waals surface area contributed by atoms with Crippen molar-refractivity contribution in [3.05, 3.63) is 0 Å². The SMILES string of the molecule is CCNC(=NCCN(C(C)C)C1CC1)N1CCCC1.I. The van der Waals surface area contributed by atoms with Gasteiger partial charge in [-0.2, -0.15) is 0 Å². The summed E-state index contributed by atoms with van der Waals surface area (Å²) in [6, 6.07) is 1.49. The quantitative estimate of drug-likeness (QED) is 0.427. The van der Waals surface area contributed by atoms with Crippen LogP contribution in [0.25, 0.3) is 0 Å². The fourth-order valence-electron chi connectivity index (χ4n) is 2.89. The highest BCUT2D eigenvalue weighted by molar-refractivity contribution is 14.0. The van der Waals surface area contributed by atoms with Gasteiger partial charge >= 0.3 is 0 Å². The Hall–Kier alpha value is -0.0400. The maximum absolute atomic E-state index is 4.82. The van der Waals surface area contributed by atoms with Crippen LogP contribution in [0.3, 0.4) is 0 Å². The Morgan fingerprint density at radius 2 is 1.95 bits per heavy atom. The molecule has 0 radical (unpaired) electrons. The van der Waals surface area contributed by atoms with E-state index in [4.69, 9.17) is 4.99 Å². The lowest BCUT2D eigenvalue weighted by Gasteiger charge is -2.26. The monoisotopic (exact) mass is 394 g/mol. The van der Waals surface area contributed by atoms with E-state index in [9.17, 15) is 0 Å². The first kappa shape index (κ1) is 18.0. The molecule has 2 fully saturated rings. The molecule has 1 heterocycles. The highest BCUT2D eigenvalue weighted by Gasteiger charge is 2.30. The summed E-state index contributed by atoms with van der Waals surface area (Å²) in [6.07, 6.45) is 5.39. The number of hydrogen-bond donors (Lipinski definition) is 1. The summed E-state index contributed by atoms with van der Waals surface area (Å²) in [6.45, 7) is 12.1. The van der Waals surface area contributed by atoms with Crippen LogP contribution in [0.5, 0.6) is 0 Å². The molecule has 0 aromatic rings. The third kappa shape index (κ3) is 5.39. The molecule has 1 N–H and O–H groups in total. The lowest BCUT2D eigenvalue weighted by atomic mass is 10.3. The molecular formula is C15H31IN4. The van der Waals surface area contributed by atoms with Crippen LogP contribution in [0.2, 0.25) is 0 Å². The molecule has 0 spiro atoms. The third-order valence-corrected chi connectivity index (χ3v) is 4.04. The van der Waals surface area contributed by atoms with Crippen molar-refractivity contribution in [1.29, 1.82) is 0 Å². The average molecular weight is 394 g/mol. The molecule has 2 aliphatic rings. The largest absolute Gasteiger partial charge is 0.357 e. The predicted molar refractivity (Wildman–Crippen MR) is 97.1 cm³/mol. The molecule has 4 nitrogen and oxygen atoms in total. The summed E-state index contributed by atoms with van der Waals surface area (Å²) in [5.74, 6) is 1.12. The standard InChI is InChI=1S/C15H30N4.HI/c1-4-16-15(18-10-5-6-11-18)17-9-12-19(13(2)3)14-7-8-14;/h13-14H,4-12H2,1-3H3,(H,16,17);1H. The summed E-state index contributed by atoms with van der Waals surface area (Å²) in [5, 5.41) is 3.43. The lowest BCUT2D eigenvalue weighted by molar-refractivity contribution is 0.217. The van der Waals surface area contributed by atoms with Crippen molar-refractivity contribution >= 4 is 29.9 Å². The zero-order valence-electron chi connectivity index (χ0n) is 13.3. The molecule has 0 amide bonds. The zero-order valence-corrected chi connectivity index (χ0v) is 15.6. The van der Waals surface area contributed by atoms with Gasteiger partial charge in [0.2, 0.25) is 0 Å². The van der Waals surface area contributed by atoms with Crippen molar-refractivity contribution in [1.82, 2.24) is 15.1 Å². The van der Waals surface area contributed by atoms with Crippen LogP contribution in [0.15, 0.2) is 4.99 Å². The lowest BCUT2D eigenvalue weighted by Crippen LogP contribution is -2.40. The van der Waals surface area contributed by atoms with Gasteiger partial charge in [-0.15, -0.1) is 24.0 Å². The van der Waals surface area contributed by atoms with Gasteiger partial charge in [-0.25, -0.2) is 0 Å². The second-order valence-electron chi connectivity index (χ2n) is 5.99. The molecule has 5 heteroatoms. The Labute approximate surface area is 141 Å². The average Bonchev–Trinajstić information content (AvgIpc) is 3.06. The third-order valence-electron chi connectivity index (χ3n) is 4.04. The summed E-state index contributed by atoms with van der Waals surface area (Å²) in [4.78, 5) is 9.83. The number of guanidine groups is 1. The van der Waals surface area contributed by atoms with Gasteiger partial charge in [0.05, 0.1) is 6.54 Å². The van der Waals surface area contributed by atoms with Crippen LogP contribution >= 0.6 is 24.0 Å². The molecule has 2 rings (SSSR count). The molecule has 1 saturated heterocycles. The molecule has 0 aromatic carbocycles. The normalized spacial score (nSPS) is 19.6. The molecule has 1 aliphatic carbocycles. The molecule has 118 valence electrons. The highest BCUT2D eigenvalue weighted by Crippen LogP contribution is 2.28. The van der Waals surface area contributed by atoms with Gasteiger partial charge in [0, 0.05) is 38.3 Å². The van der Waals surface area contributed by atoms with Crippen LogP contribution < -0.4 is 5.32 Å². The molecule has 1 aliphatic heterocycles. The fourth-order valence-corrected chi connectivity index (χ4v) is 2.89. The molecule has 1 saturated carbocycles. The fraction of sp³-hybridized carbons (Fsp3) is 0.933. The number of hydrogen-bond acceptors (Lipinski definition) is 2. The van der Waals surface area contributed by atoms with Crippen LogP contribution in [0, 0.1) is 0 Å². The Morgan fingerprint density at radius 1 is 1.30 bits per heavy atom. The number of likely N-dealkylation sites (tertiary alicyclic amines) is 1. The van der Waals surface area contributed by atoms with Crippen molar-refractivity contribution in [2.24, 2.45) is 4.99 Å². The van der Waals surface area contributed by atoms with E-state index in [1.807, 2.05) is 0 Å². The van der Waals surface area contributed by atoms with Crippen LogP contribution in [-0.4, -0.2) is 60.6 Å². The van der Waals surface area contributed by atoms with Crippen molar-refractivity contribution < 1.29 is 0 Å². The van der Waals surface area contributed by atoms with Gasteiger partial charge in [-0.1, -0.05) is 0 Å². The molecule has 0 bridgehead atoms. The Bertz CT molecular complexity index is 294. The van der Waals surface area contributed by atoms with Crippen molar-refractivity contribution in [3.8, 4) is 0 Å². The Balaban J connectivity index is 0.00000200. The van der Waals surface area contributed by atoms with Crippen LogP contribution in [0.4, 0.5) is 0 Å². The minimum Gasteiger partial charge on any atom is -0.357 e. The highest BCUT2D eigenvalue weighted by atomic mass is 127. The maximum Gasteiger partial charge on any atom is 0.193 e. The van der Waals surface area contributed by atoms with E-state index in [0.29, 0.717) is 6.04 Å². The van der Waals surface area contributed by atoms with E-state index < -0.39 is 0 Å². The second kappa shape index (κ2) is 9.07. The molecular weight excluding hydrogens is 363 g/mol. The topological polar surface area (TPSA) is 30.9 Å². The van der Waals surface area contributed by atoms with Crippen molar-refractivity contribution in [3.63, 3.8) is 0 Å². The number of rotatable bonds is 6. The van der Waals surface area contributed by atoms with Gasteiger partial charge in [-0.3, -0.25) is 9.89 Å². The van der Waals surface area contributed by atoms with Crippen LogP contribution in [-0.2, 0) is 0 Å². The van der Waals surface area contributed by atoms with E-state index in [0.717, 1.165) is 31.6 Å². The summed E-state index contributed by atoms with van der Waals surface area (Å²) < 4.78 is 0. The number of halogens is 1. The molecule has 0 unspecified atom stereocenters. The van der Waals surface area contributed by atoms with E-state index in [2.05, 4.69) is 35.9 Å². The predicted octanol–water partition coefficient (Wildman–Crippen LogP) is 2.54. The van der Waals surface area contributed by atoms with Crippen molar-refractivity contribution in [2.75, 3.05) is 32.7 Å². The van der Waals surface area contributed by atoms with Gasteiger partial charge in [-0.05, 0) is 46.5 Å². The molecule has 0 aromatic heterocycles. The second-order valence-corrected chi connectivity index (χ2v) is 5.99.